The van der Waals surface area contributed by atoms with Crippen molar-refractivity contribution in [2.24, 2.45) is 11.8 Å². The van der Waals surface area contributed by atoms with Crippen molar-refractivity contribution in [3.8, 4) is 0 Å². The minimum Gasteiger partial charge on any atom is -0.337 e. The van der Waals surface area contributed by atoms with Crippen LogP contribution in [-0.2, 0) is 4.79 Å². The molecule has 1 saturated carbocycles. The molecule has 2 aliphatic rings. The van der Waals surface area contributed by atoms with Crippen LogP contribution in [0.2, 0.25) is 0 Å². The Morgan fingerprint density at radius 3 is 2.31 bits per heavy atom. The van der Waals surface area contributed by atoms with Crippen LogP contribution in [0.4, 0.5) is 0 Å². The molecule has 3 heteroatoms. The largest absolute Gasteiger partial charge is 0.337 e. The molecule has 1 N–H and O–H groups in total. The highest BCUT2D eigenvalue weighted by molar-refractivity contribution is 5.79. The standard InChI is InChI=1S/C13H24N2O/c1-3-15(12-8-14-9-12)13(16)11-6-4-10(2)5-7-11/h10-12,14H,3-9H2,1-2H3. The van der Waals surface area contributed by atoms with Gasteiger partial charge in [-0.15, -0.1) is 0 Å². The van der Waals surface area contributed by atoms with E-state index in [1.807, 2.05) is 0 Å². The number of hydrogen-bond acceptors (Lipinski definition) is 2. The maximum atomic E-state index is 12.4. The van der Waals surface area contributed by atoms with E-state index in [4.69, 9.17) is 0 Å². The molecule has 1 aliphatic carbocycles. The van der Waals surface area contributed by atoms with Crippen LogP contribution in [0.1, 0.15) is 39.5 Å². The van der Waals surface area contributed by atoms with Gasteiger partial charge in [0.25, 0.3) is 0 Å². The number of amides is 1. The Kier molecular flexibility index (Phi) is 3.85. The summed E-state index contributed by atoms with van der Waals surface area (Å²) in [5, 5.41) is 3.25. The van der Waals surface area contributed by atoms with E-state index >= 15 is 0 Å². The van der Waals surface area contributed by atoms with Crippen molar-refractivity contribution in [1.82, 2.24) is 10.2 Å². The zero-order valence-corrected chi connectivity index (χ0v) is 10.5. The Labute approximate surface area is 98.6 Å². The van der Waals surface area contributed by atoms with Gasteiger partial charge in [-0.25, -0.2) is 0 Å². The second-order valence-corrected chi connectivity index (χ2v) is 5.39. The fourth-order valence-electron chi connectivity index (χ4n) is 2.83. The minimum absolute atomic E-state index is 0.316. The molecule has 0 spiro atoms. The quantitative estimate of drug-likeness (QED) is 0.790. The van der Waals surface area contributed by atoms with Crippen LogP contribution in [0.25, 0.3) is 0 Å². The van der Waals surface area contributed by atoms with Crippen molar-refractivity contribution in [3.05, 3.63) is 0 Å². The predicted molar refractivity (Wildman–Crippen MR) is 65.2 cm³/mol. The zero-order valence-electron chi connectivity index (χ0n) is 10.5. The first-order valence-corrected chi connectivity index (χ1v) is 6.73. The normalized spacial score (nSPS) is 30.9. The third-order valence-electron chi connectivity index (χ3n) is 4.19. The van der Waals surface area contributed by atoms with Gasteiger partial charge in [-0.1, -0.05) is 6.92 Å². The predicted octanol–water partition coefficient (Wildman–Crippen LogP) is 1.63. The maximum absolute atomic E-state index is 12.4. The van der Waals surface area contributed by atoms with Crippen molar-refractivity contribution in [2.45, 2.75) is 45.6 Å². The lowest BCUT2D eigenvalue weighted by molar-refractivity contribution is -0.140. The SMILES string of the molecule is CCN(C(=O)C1CCC(C)CC1)C1CNC1. The second kappa shape index (κ2) is 5.17. The highest BCUT2D eigenvalue weighted by atomic mass is 16.2. The number of carbonyl (C=O) groups excluding carboxylic acids is 1. The van der Waals surface area contributed by atoms with Gasteiger partial charge in [0.1, 0.15) is 0 Å². The molecule has 1 amide bonds. The summed E-state index contributed by atoms with van der Waals surface area (Å²) in [4.78, 5) is 14.5. The molecule has 0 radical (unpaired) electrons. The van der Waals surface area contributed by atoms with Crippen LogP contribution in [0.5, 0.6) is 0 Å². The Balaban J connectivity index is 1.89. The van der Waals surface area contributed by atoms with Crippen molar-refractivity contribution in [2.75, 3.05) is 19.6 Å². The second-order valence-electron chi connectivity index (χ2n) is 5.39. The average molecular weight is 224 g/mol. The summed E-state index contributed by atoms with van der Waals surface area (Å²) in [5.74, 6) is 1.56. The van der Waals surface area contributed by atoms with Crippen LogP contribution in [0.3, 0.4) is 0 Å². The Morgan fingerprint density at radius 2 is 1.88 bits per heavy atom. The van der Waals surface area contributed by atoms with Gasteiger partial charge in [-0.3, -0.25) is 4.79 Å². The number of nitrogens with zero attached hydrogens (tertiary/aromatic N) is 1. The maximum Gasteiger partial charge on any atom is 0.226 e. The van der Waals surface area contributed by atoms with Crippen LogP contribution in [-0.4, -0.2) is 36.5 Å². The van der Waals surface area contributed by atoms with E-state index in [2.05, 4.69) is 24.1 Å². The molecule has 2 fully saturated rings. The molecule has 1 aliphatic heterocycles. The van der Waals surface area contributed by atoms with Crippen LogP contribution in [0, 0.1) is 11.8 Å². The molecule has 0 aromatic carbocycles. The minimum atomic E-state index is 0.316. The lowest BCUT2D eigenvalue weighted by atomic mass is 9.82. The molecule has 92 valence electrons. The van der Waals surface area contributed by atoms with E-state index in [0.29, 0.717) is 17.9 Å². The molecule has 2 rings (SSSR count). The molecule has 0 unspecified atom stereocenters. The molecule has 0 aromatic heterocycles. The first-order valence-electron chi connectivity index (χ1n) is 6.73. The van der Waals surface area contributed by atoms with Crippen molar-refractivity contribution >= 4 is 5.91 Å². The number of hydrogen-bond donors (Lipinski definition) is 1. The smallest absolute Gasteiger partial charge is 0.226 e. The Morgan fingerprint density at radius 1 is 1.25 bits per heavy atom. The summed E-state index contributed by atoms with van der Waals surface area (Å²) in [6.45, 7) is 7.25. The van der Waals surface area contributed by atoms with E-state index in [9.17, 15) is 4.79 Å². The van der Waals surface area contributed by atoms with Gasteiger partial charge in [0.2, 0.25) is 5.91 Å². The van der Waals surface area contributed by atoms with Gasteiger partial charge in [0, 0.05) is 25.6 Å². The number of likely N-dealkylation sites (N-methyl/N-ethyl adjacent to an activating group) is 1. The van der Waals surface area contributed by atoms with Crippen molar-refractivity contribution < 1.29 is 4.79 Å². The summed E-state index contributed by atoms with van der Waals surface area (Å²) in [5.41, 5.74) is 0. The lowest BCUT2D eigenvalue weighted by Crippen LogP contribution is -2.59. The molecule has 0 atom stereocenters. The van der Waals surface area contributed by atoms with E-state index in [0.717, 1.165) is 38.4 Å². The molecular formula is C13H24N2O. The van der Waals surface area contributed by atoms with Gasteiger partial charge in [-0.05, 0) is 38.5 Å². The van der Waals surface area contributed by atoms with E-state index in [1.165, 1.54) is 12.8 Å². The summed E-state index contributed by atoms with van der Waals surface area (Å²) in [7, 11) is 0. The van der Waals surface area contributed by atoms with Crippen LogP contribution >= 0.6 is 0 Å². The number of nitrogens with one attached hydrogen (secondary N) is 1. The van der Waals surface area contributed by atoms with Crippen molar-refractivity contribution in [3.63, 3.8) is 0 Å². The molecule has 0 bridgehead atoms. The van der Waals surface area contributed by atoms with E-state index < -0.39 is 0 Å². The van der Waals surface area contributed by atoms with Gasteiger partial charge in [0.05, 0.1) is 6.04 Å². The molecular weight excluding hydrogens is 200 g/mol. The third-order valence-corrected chi connectivity index (χ3v) is 4.19. The third kappa shape index (κ3) is 2.40. The topological polar surface area (TPSA) is 32.3 Å². The number of carbonyl (C=O) groups is 1. The molecule has 1 saturated heterocycles. The summed E-state index contributed by atoms with van der Waals surface area (Å²) < 4.78 is 0. The van der Waals surface area contributed by atoms with Gasteiger partial charge in [-0.2, -0.15) is 0 Å². The fraction of sp³-hybridized carbons (Fsp3) is 0.923. The molecule has 16 heavy (non-hydrogen) atoms. The summed E-state index contributed by atoms with van der Waals surface area (Å²) in [6.07, 6.45) is 4.68. The molecule has 0 aromatic rings. The van der Waals surface area contributed by atoms with E-state index in [1.54, 1.807) is 0 Å². The summed E-state index contributed by atoms with van der Waals surface area (Å²) >= 11 is 0. The average Bonchev–Trinajstić information content (AvgIpc) is 2.23. The van der Waals surface area contributed by atoms with Crippen LogP contribution in [0.15, 0.2) is 0 Å². The number of rotatable bonds is 3. The van der Waals surface area contributed by atoms with E-state index in [-0.39, 0.29) is 0 Å². The monoisotopic (exact) mass is 224 g/mol. The highest BCUT2D eigenvalue weighted by Crippen LogP contribution is 2.30. The van der Waals surface area contributed by atoms with Gasteiger partial charge >= 0.3 is 0 Å². The lowest BCUT2D eigenvalue weighted by Gasteiger charge is -2.40. The highest BCUT2D eigenvalue weighted by Gasteiger charge is 2.33. The van der Waals surface area contributed by atoms with Gasteiger partial charge < -0.3 is 10.2 Å². The fourth-order valence-corrected chi connectivity index (χ4v) is 2.83. The Hall–Kier alpha value is -0.570. The molecule has 1 heterocycles. The first kappa shape index (κ1) is 11.9. The van der Waals surface area contributed by atoms with Gasteiger partial charge in [0.15, 0.2) is 0 Å². The van der Waals surface area contributed by atoms with Crippen LogP contribution < -0.4 is 5.32 Å². The van der Waals surface area contributed by atoms with Crippen molar-refractivity contribution in [1.29, 1.82) is 0 Å². The first-order chi connectivity index (χ1) is 7.72. The zero-order chi connectivity index (χ0) is 11.5. The molecule has 3 nitrogen and oxygen atoms in total. The Bertz CT molecular complexity index is 242. The summed E-state index contributed by atoms with van der Waals surface area (Å²) in [6, 6.07) is 0.469.